The standard InChI is InChI=1S/C15H18N6O4S/c1-8-5-11(21(23)24)12(25-2)6-10(8)17-13(22)7-26-15-19-18-14(20(15)16)9-3-4-9/h5-6,9H,3-4,7,16H2,1-2H3,(H,17,22). The second-order valence-electron chi connectivity index (χ2n) is 5.92. The third kappa shape index (κ3) is 3.72. The van der Waals surface area contributed by atoms with Gasteiger partial charge >= 0.3 is 5.69 Å². The maximum Gasteiger partial charge on any atom is 0.311 e. The Morgan fingerprint density at radius 3 is 2.85 bits per heavy atom. The van der Waals surface area contributed by atoms with Gasteiger partial charge in [0.2, 0.25) is 11.1 Å². The largest absolute Gasteiger partial charge is 0.490 e. The number of ether oxygens (including phenoxy) is 1. The minimum absolute atomic E-state index is 0.0821. The Bertz CT molecular complexity index is 864. The third-order valence-corrected chi connectivity index (χ3v) is 4.91. The minimum atomic E-state index is -0.529. The Labute approximate surface area is 153 Å². The van der Waals surface area contributed by atoms with Crippen molar-refractivity contribution in [1.29, 1.82) is 0 Å². The SMILES string of the molecule is COc1cc(NC(=O)CSc2nnc(C3CC3)n2N)c(C)cc1[N+](=O)[O-]. The summed E-state index contributed by atoms with van der Waals surface area (Å²) in [5.41, 5.74) is 0.862. The number of nitrogens with zero attached hydrogens (tertiary/aromatic N) is 4. The lowest BCUT2D eigenvalue weighted by Gasteiger charge is -2.10. The van der Waals surface area contributed by atoms with E-state index in [0.29, 0.717) is 22.3 Å². The van der Waals surface area contributed by atoms with E-state index < -0.39 is 4.92 Å². The normalized spacial score (nSPS) is 13.5. The van der Waals surface area contributed by atoms with E-state index in [2.05, 4.69) is 15.5 Å². The highest BCUT2D eigenvalue weighted by atomic mass is 32.2. The van der Waals surface area contributed by atoms with E-state index in [4.69, 9.17) is 10.6 Å². The summed E-state index contributed by atoms with van der Waals surface area (Å²) >= 11 is 1.18. The summed E-state index contributed by atoms with van der Waals surface area (Å²) in [6.07, 6.45) is 2.11. The molecule has 0 bridgehead atoms. The van der Waals surface area contributed by atoms with Crippen LogP contribution in [0.15, 0.2) is 17.3 Å². The molecule has 1 amide bonds. The molecule has 0 unspecified atom stereocenters. The van der Waals surface area contributed by atoms with Gasteiger partial charge in [0.25, 0.3) is 0 Å². The van der Waals surface area contributed by atoms with Crippen LogP contribution in [0.2, 0.25) is 0 Å². The number of methoxy groups -OCH3 is 1. The fourth-order valence-electron chi connectivity index (χ4n) is 2.44. The molecule has 10 nitrogen and oxygen atoms in total. The molecule has 0 spiro atoms. The number of nitrogen functional groups attached to an aromatic ring is 1. The quantitative estimate of drug-likeness (QED) is 0.322. The zero-order chi connectivity index (χ0) is 18.8. The van der Waals surface area contributed by atoms with Crippen molar-refractivity contribution in [3.63, 3.8) is 0 Å². The summed E-state index contributed by atoms with van der Waals surface area (Å²) in [4.78, 5) is 22.7. The van der Waals surface area contributed by atoms with E-state index in [1.165, 1.54) is 35.7 Å². The number of hydrogen-bond donors (Lipinski definition) is 2. The Morgan fingerprint density at radius 1 is 1.50 bits per heavy atom. The molecule has 0 aliphatic heterocycles. The van der Waals surface area contributed by atoms with Crippen molar-refractivity contribution < 1.29 is 14.5 Å². The molecule has 0 atom stereocenters. The predicted molar refractivity (Wildman–Crippen MR) is 95.9 cm³/mol. The summed E-state index contributed by atoms with van der Waals surface area (Å²) in [6, 6.07) is 2.80. The molecule has 0 radical (unpaired) electrons. The number of hydrogen-bond acceptors (Lipinski definition) is 8. The van der Waals surface area contributed by atoms with Crippen molar-refractivity contribution in [2.24, 2.45) is 0 Å². The highest BCUT2D eigenvalue weighted by Gasteiger charge is 2.30. The summed E-state index contributed by atoms with van der Waals surface area (Å²) in [7, 11) is 1.34. The monoisotopic (exact) mass is 378 g/mol. The van der Waals surface area contributed by atoms with E-state index in [1.54, 1.807) is 6.92 Å². The lowest BCUT2D eigenvalue weighted by atomic mass is 10.1. The molecular formula is C15H18N6O4S. The van der Waals surface area contributed by atoms with Crippen LogP contribution in [0.4, 0.5) is 11.4 Å². The Morgan fingerprint density at radius 2 is 2.23 bits per heavy atom. The number of carbonyl (C=O) groups excluding carboxylic acids is 1. The van der Waals surface area contributed by atoms with Crippen LogP contribution in [-0.2, 0) is 4.79 Å². The number of nitro benzene ring substituents is 1. The zero-order valence-electron chi connectivity index (χ0n) is 14.3. The van der Waals surface area contributed by atoms with E-state index in [9.17, 15) is 14.9 Å². The predicted octanol–water partition coefficient (Wildman–Crippen LogP) is 1.83. The molecule has 3 N–H and O–H groups in total. The van der Waals surface area contributed by atoms with Crippen LogP contribution in [0.5, 0.6) is 5.75 Å². The van der Waals surface area contributed by atoms with E-state index in [-0.39, 0.29) is 23.1 Å². The summed E-state index contributed by atoms with van der Waals surface area (Å²) < 4.78 is 6.45. The van der Waals surface area contributed by atoms with Crippen LogP contribution in [0.3, 0.4) is 0 Å². The first-order chi connectivity index (χ1) is 12.4. The highest BCUT2D eigenvalue weighted by Crippen LogP contribution is 2.39. The minimum Gasteiger partial charge on any atom is -0.490 e. The number of nitrogens with one attached hydrogen (secondary N) is 1. The number of rotatable bonds is 7. The average Bonchev–Trinajstić information content (AvgIpc) is 3.38. The highest BCUT2D eigenvalue weighted by molar-refractivity contribution is 7.99. The molecule has 0 saturated heterocycles. The van der Waals surface area contributed by atoms with Crippen LogP contribution < -0.4 is 15.9 Å². The Kier molecular flexibility index (Phi) is 4.98. The molecule has 1 heterocycles. The van der Waals surface area contributed by atoms with Gasteiger partial charge in [0.1, 0.15) is 0 Å². The molecule has 1 aromatic carbocycles. The molecule has 1 aromatic heterocycles. The summed E-state index contributed by atoms with van der Waals surface area (Å²) in [5.74, 6) is 6.93. The van der Waals surface area contributed by atoms with Crippen molar-refractivity contribution >= 4 is 29.0 Å². The van der Waals surface area contributed by atoms with Crippen molar-refractivity contribution in [3.8, 4) is 5.75 Å². The fourth-order valence-corrected chi connectivity index (χ4v) is 3.10. The number of aryl methyl sites for hydroxylation is 1. The Balaban J connectivity index is 1.65. The van der Waals surface area contributed by atoms with Crippen LogP contribution in [0.1, 0.15) is 30.1 Å². The number of benzene rings is 1. The maximum atomic E-state index is 12.2. The summed E-state index contributed by atoms with van der Waals surface area (Å²) in [5, 5.41) is 22.3. The molecule has 1 aliphatic carbocycles. The van der Waals surface area contributed by atoms with Crippen molar-refractivity contribution in [3.05, 3.63) is 33.6 Å². The smallest absolute Gasteiger partial charge is 0.311 e. The van der Waals surface area contributed by atoms with E-state index in [1.807, 2.05) is 0 Å². The van der Waals surface area contributed by atoms with Gasteiger partial charge in [-0.05, 0) is 25.3 Å². The van der Waals surface area contributed by atoms with Crippen LogP contribution in [-0.4, -0.2) is 38.6 Å². The van der Waals surface area contributed by atoms with Gasteiger partial charge in [-0.2, -0.15) is 0 Å². The van der Waals surface area contributed by atoms with E-state index >= 15 is 0 Å². The van der Waals surface area contributed by atoms with Crippen molar-refractivity contribution in [2.45, 2.75) is 30.8 Å². The molecule has 1 aliphatic rings. The molecule has 11 heteroatoms. The molecule has 1 saturated carbocycles. The van der Waals surface area contributed by atoms with Gasteiger partial charge in [0.15, 0.2) is 11.6 Å². The number of aromatic nitrogens is 3. The lowest BCUT2D eigenvalue weighted by molar-refractivity contribution is -0.385. The molecular weight excluding hydrogens is 360 g/mol. The molecule has 26 heavy (non-hydrogen) atoms. The number of nitrogens with two attached hydrogens (primary N) is 1. The molecule has 2 aromatic rings. The van der Waals surface area contributed by atoms with Gasteiger partial charge in [-0.3, -0.25) is 14.9 Å². The van der Waals surface area contributed by atoms with E-state index in [0.717, 1.165) is 18.7 Å². The fraction of sp³-hybridized carbons (Fsp3) is 0.400. The number of nitro groups is 1. The summed E-state index contributed by atoms with van der Waals surface area (Å²) in [6.45, 7) is 1.67. The van der Waals surface area contributed by atoms with Crippen LogP contribution >= 0.6 is 11.8 Å². The Hall–Kier alpha value is -2.82. The van der Waals surface area contributed by atoms with Crippen molar-refractivity contribution in [1.82, 2.24) is 14.9 Å². The molecule has 1 fully saturated rings. The van der Waals surface area contributed by atoms with Gasteiger partial charge in [-0.25, -0.2) is 4.68 Å². The second-order valence-corrected chi connectivity index (χ2v) is 6.86. The van der Waals surface area contributed by atoms with Gasteiger partial charge in [-0.15, -0.1) is 10.2 Å². The average molecular weight is 378 g/mol. The lowest BCUT2D eigenvalue weighted by Crippen LogP contribution is -2.17. The van der Waals surface area contributed by atoms with Gasteiger partial charge in [0.05, 0.1) is 17.8 Å². The first kappa shape index (κ1) is 18.0. The number of thioether (sulfide) groups is 1. The topological polar surface area (TPSA) is 138 Å². The first-order valence-electron chi connectivity index (χ1n) is 7.86. The van der Waals surface area contributed by atoms with Crippen LogP contribution in [0.25, 0.3) is 0 Å². The number of anilines is 1. The van der Waals surface area contributed by atoms with Gasteiger partial charge in [-0.1, -0.05) is 11.8 Å². The number of carbonyl (C=O) groups is 1. The van der Waals surface area contributed by atoms with Gasteiger partial charge in [0, 0.05) is 23.7 Å². The number of amides is 1. The zero-order valence-corrected chi connectivity index (χ0v) is 15.1. The third-order valence-electron chi connectivity index (χ3n) is 3.96. The second kappa shape index (κ2) is 7.20. The van der Waals surface area contributed by atoms with Crippen molar-refractivity contribution in [2.75, 3.05) is 24.0 Å². The molecule has 138 valence electrons. The van der Waals surface area contributed by atoms with Crippen LogP contribution in [0, 0.1) is 17.0 Å². The maximum absolute atomic E-state index is 12.2. The first-order valence-corrected chi connectivity index (χ1v) is 8.85. The molecule has 3 rings (SSSR count). The van der Waals surface area contributed by atoms with Gasteiger partial charge < -0.3 is 15.9 Å².